The molecule has 1 saturated heterocycles. The van der Waals surface area contributed by atoms with E-state index in [1.165, 1.54) is 0 Å². The molecule has 1 spiro atoms. The standard InChI is InChI=1S/C24H32ClFN2O2/c1-6-19-24(12-14-28(15-13-24)22(29)30-23(3,4)5)11-10-16(2)21(27-19)17-8-7-9-18(25)20(17)26/h6-9,27H,10-15H2,1-5H3. The lowest BCUT2D eigenvalue weighted by atomic mass is 9.72. The summed E-state index contributed by atoms with van der Waals surface area (Å²) >= 11 is 6.04. The van der Waals surface area contributed by atoms with Gasteiger partial charge in [0.1, 0.15) is 5.60 Å². The molecule has 1 N–H and O–H groups in total. The van der Waals surface area contributed by atoms with Crippen LogP contribution in [0.1, 0.15) is 65.9 Å². The summed E-state index contributed by atoms with van der Waals surface area (Å²) in [6, 6.07) is 5.11. The molecule has 4 nitrogen and oxygen atoms in total. The van der Waals surface area contributed by atoms with Crippen molar-refractivity contribution in [3.8, 4) is 0 Å². The lowest BCUT2D eigenvalue weighted by Crippen LogP contribution is -2.47. The molecule has 0 atom stereocenters. The van der Waals surface area contributed by atoms with Gasteiger partial charge in [0.15, 0.2) is 5.82 Å². The summed E-state index contributed by atoms with van der Waals surface area (Å²) < 4.78 is 20.3. The van der Waals surface area contributed by atoms with Crippen molar-refractivity contribution in [1.82, 2.24) is 10.2 Å². The molecule has 2 aliphatic heterocycles. The molecule has 164 valence electrons. The highest BCUT2D eigenvalue weighted by Gasteiger charge is 2.41. The number of nitrogens with one attached hydrogen (secondary N) is 1. The highest BCUT2D eigenvalue weighted by atomic mass is 35.5. The van der Waals surface area contributed by atoms with Crippen molar-refractivity contribution < 1.29 is 13.9 Å². The monoisotopic (exact) mass is 434 g/mol. The van der Waals surface area contributed by atoms with E-state index in [9.17, 15) is 9.18 Å². The number of halogens is 2. The maximum Gasteiger partial charge on any atom is 0.410 e. The highest BCUT2D eigenvalue weighted by molar-refractivity contribution is 6.30. The van der Waals surface area contributed by atoms with Crippen LogP contribution in [0.15, 0.2) is 35.5 Å². The van der Waals surface area contributed by atoms with Crippen LogP contribution in [-0.2, 0) is 4.74 Å². The minimum absolute atomic E-state index is 0.0642. The number of amides is 1. The van der Waals surface area contributed by atoms with E-state index in [1.54, 1.807) is 23.1 Å². The van der Waals surface area contributed by atoms with Gasteiger partial charge in [0, 0.05) is 35.5 Å². The smallest absolute Gasteiger partial charge is 0.410 e. The van der Waals surface area contributed by atoms with E-state index in [0.717, 1.165) is 42.7 Å². The quantitative estimate of drug-likeness (QED) is 0.547. The number of piperidine rings is 1. The highest BCUT2D eigenvalue weighted by Crippen LogP contribution is 2.46. The molecule has 0 aliphatic carbocycles. The second kappa shape index (κ2) is 8.62. The molecule has 2 heterocycles. The average Bonchev–Trinajstić information content (AvgIpc) is 2.81. The van der Waals surface area contributed by atoms with E-state index >= 15 is 0 Å². The van der Waals surface area contributed by atoms with Crippen LogP contribution < -0.4 is 5.32 Å². The van der Waals surface area contributed by atoms with Gasteiger partial charge in [-0.05, 0) is 78.0 Å². The van der Waals surface area contributed by atoms with E-state index in [0.29, 0.717) is 18.7 Å². The fourth-order valence-electron chi connectivity index (χ4n) is 4.40. The molecule has 0 aromatic heterocycles. The summed E-state index contributed by atoms with van der Waals surface area (Å²) in [6.45, 7) is 11.0. The number of carbonyl (C=O) groups excluding carboxylic acids is 1. The maximum atomic E-state index is 14.7. The molecular weight excluding hydrogens is 403 g/mol. The van der Waals surface area contributed by atoms with Gasteiger partial charge in [0.25, 0.3) is 0 Å². The number of nitrogens with zero attached hydrogens (tertiary/aromatic N) is 1. The third-order valence-corrected chi connectivity index (χ3v) is 6.41. The number of ether oxygens (including phenoxy) is 1. The fraction of sp³-hybridized carbons (Fsp3) is 0.542. The summed E-state index contributed by atoms with van der Waals surface area (Å²) in [6.07, 6.45) is 5.34. The Balaban J connectivity index is 1.80. The van der Waals surface area contributed by atoms with Crippen LogP contribution in [0.4, 0.5) is 9.18 Å². The molecule has 0 saturated carbocycles. The third kappa shape index (κ3) is 4.66. The summed E-state index contributed by atoms with van der Waals surface area (Å²) in [5, 5.41) is 3.68. The molecule has 1 aromatic rings. The van der Waals surface area contributed by atoms with Crippen LogP contribution >= 0.6 is 11.6 Å². The number of hydrogen-bond acceptors (Lipinski definition) is 3. The van der Waals surface area contributed by atoms with Crippen molar-refractivity contribution in [3.63, 3.8) is 0 Å². The van der Waals surface area contributed by atoms with Gasteiger partial charge in [-0.3, -0.25) is 0 Å². The summed E-state index contributed by atoms with van der Waals surface area (Å²) in [5.74, 6) is -0.396. The molecule has 0 unspecified atom stereocenters. The Morgan fingerprint density at radius 1 is 1.27 bits per heavy atom. The van der Waals surface area contributed by atoms with Gasteiger partial charge < -0.3 is 15.0 Å². The number of allylic oxidation sites excluding steroid dienone is 3. The predicted molar refractivity (Wildman–Crippen MR) is 120 cm³/mol. The summed E-state index contributed by atoms with van der Waals surface area (Å²) in [7, 11) is 0. The number of hydrogen-bond donors (Lipinski definition) is 1. The molecular formula is C24H32ClFN2O2. The Morgan fingerprint density at radius 3 is 2.53 bits per heavy atom. The zero-order valence-corrected chi connectivity index (χ0v) is 19.3. The van der Waals surface area contributed by atoms with Crippen LogP contribution in [0.2, 0.25) is 5.02 Å². The number of likely N-dealkylation sites (tertiary alicyclic amines) is 1. The SMILES string of the molecule is CC=C1NC(c2cccc(Cl)c2F)=C(C)CCC12CCN(C(=O)OC(C)(C)C)CC2. The first-order valence-corrected chi connectivity index (χ1v) is 11.0. The maximum absolute atomic E-state index is 14.7. The zero-order chi connectivity index (χ0) is 22.1. The van der Waals surface area contributed by atoms with Crippen LogP contribution in [0.5, 0.6) is 0 Å². The Kier molecular flexibility index (Phi) is 6.51. The van der Waals surface area contributed by atoms with Crippen molar-refractivity contribution in [3.05, 3.63) is 51.9 Å². The Bertz CT molecular complexity index is 878. The number of carbonyl (C=O) groups is 1. The van der Waals surface area contributed by atoms with Crippen molar-refractivity contribution in [2.24, 2.45) is 5.41 Å². The molecule has 0 radical (unpaired) electrons. The molecule has 1 amide bonds. The van der Waals surface area contributed by atoms with Crippen molar-refractivity contribution in [2.75, 3.05) is 13.1 Å². The molecule has 1 aromatic carbocycles. The van der Waals surface area contributed by atoms with E-state index < -0.39 is 11.4 Å². The molecule has 6 heteroatoms. The topological polar surface area (TPSA) is 41.6 Å². The lowest BCUT2D eigenvalue weighted by Gasteiger charge is -2.43. The van der Waals surface area contributed by atoms with Gasteiger partial charge in [-0.2, -0.15) is 0 Å². The second-order valence-corrected chi connectivity index (χ2v) is 9.74. The Labute approximate surface area is 184 Å². The zero-order valence-electron chi connectivity index (χ0n) is 18.6. The van der Waals surface area contributed by atoms with Crippen LogP contribution in [0, 0.1) is 11.2 Å². The van der Waals surface area contributed by atoms with Gasteiger partial charge in [-0.15, -0.1) is 0 Å². The normalized spacial score (nSPS) is 20.9. The van der Waals surface area contributed by atoms with Gasteiger partial charge in [-0.25, -0.2) is 9.18 Å². The van der Waals surface area contributed by atoms with Crippen LogP contribution in [-0.4, -0.2) is 29.7 Å². The van der Waals surface area contributed by atoms with Crippen LogP contribution in [0.25, 0.3) is 5.70 Å². The van der Waals surface area contributed by atoms with E-state index in [4.69, 9.17) is 16.3 Å². The van der Waals surface area contributed by atoms with Crippen molar-refractivity contribution in [2.45, 2.75) is 65.9 Å². The minimum Gasteiger partial charge on any atom is -0.444 e. The average molecular weight is 435 g/mol. The molecule has 0 bridgehead atoms. The Morgan fingerprint density at radius 2 is 1.93 bits per heavy atom. The first-order valence-electron chi connectivity index (χ1n) is 10.6. The lowest BCUT2D eigenvalue weighted by molar-refractivity contribution is 0.0125. The van der Waals surface area contributed by atoms with E-state index in [1.807, 2.05) is 34.6 Å². The number of benzene rings is 1. The van der Waals surface area contributed by atoms with Crippen LogP contribution in [0.3, 0.4) is 0 Å². The van der Waals surface area contributed by atoms with Gasteiger partial charge in [0.2, 0.25) is 0 Å². The molecule has 30 heavy (non-hydrogen) atoms. The summed E-state index contributed by atoms with van der Waals surface area (Å²) in [5.41, 5.74) is 2.95. The molecule has 1 fully saturated rings. The largest absolute Gasteiger partial charge is 0.444 e. The van der Waals surface area contributed by atoms with Gasteiger partial charge >= 0.3 is 6.09 Å². The van der Waals surface area contributed by atoms with Gasteiger partial charge in [0.05, 0.1) is 5.02 Å². The Hall–Kier alpha value is -2.01. The molecule has 3 rings (SSSR count). The summed E-state index contributed by atoms with van der Waals surface area (Å²) in [4.78, 5) is 14.3. The van der Waals surface area contributed by atoms with Crippen molar-refractivity contribution in [1.29, 1.82) is 0 Å². The number of rotatable bonds is 1. The second-order valence-electron chi connectivity index (χ2n) is 9.33. The van der Waals surface area contributed by atoms with Gasteiger partial charge in [-0.1, -0.05) is 23.7 Å². The minimum atomic E-state index is -0.498. The predicted octanol–water partition coefficient (Wildman–Crippen LogP) is 6.51. The first-order chi connectivity index (χ1) is 14.1. The van der Waals surface area contributed by atoms with Crippen molar-refractivity contribution >= 4 is 23.4 Å². The first kappa shape index (κ1) is 22.7. The third-order valence-electron chi connectivity index (χ3n) is 6.12. The fourth-order valence-corrected chi connectivity index (χ4v) is 4.57. The molecule has 2 aliphatic rings. The van der Waals surface area contributed by atoms with E-state index in [2.05, 4.69) is 11.4 Å². The van der Waals surface area contributed by atoms with E-state index in [-0.39, 0.29) is 16.5 Å².